The summed E-state index contributed by atoms with van der Waals surface area (Å²) in [6.45, 7) is 0.724. The fraction of sp³-hybridized carbons (Fsp3) is 0.481. The van der Waals surface area contributed by atoms with Crippen LogP contribution >= 0.6 is 23.2 Å². The number of halogens is 6. The molecule has 3 atom stereocenters. The summed E-state index contributed by atoms with van der Waals surface area (Å²) in [5.41, 5.74) is -0.215. The van der Waals surface area contributed by atoms with Crippen LogP contribution in [-0.2, 0) is 19.1 Å². The van der Waals surface area contributed by atoms with Crippen molar-refractivity contribution in [3.63, 3.8) is 0 Å². The first kappa shape index (κ1) is 37.5. The fourth-order valence-electron chi connectivity index (χ4n) is 4.28. The monoisotopic (exact) mass is 656 g/mol. The molecule has 3 unspecified atom stereocenters. The van der Waals surface area contributed by atoms with Crippen LogP contribution in [0.4, 0.5) is 28.9 Å². The van der Waals surface area contributed by atoms with Crippen LogP contribution in [0.25, 0.3) is 0 Å². The van der Waals surface area contributed by atoms with E-state index >= 15 is 0 Å². The molecule has 43 heavy (non-hydrogen) atoms. The molecule has 3 rings (SSSR count). The van der Waals surface area contributed by atoms with Gasteiger partial charge in [0, 0.05) is 42.7 Å². The number of nitrogens with zero attached hydrogens (tertiary/aromatic N) is 2. The van der Waals surface area contributed by atoms with Crippen LogP contribution < -0.4 is 0 Å². The van der Waals surface area contributed by atoms with Crippen LogP contribution in [0.15, 0.2) is 36.4 Å². The van der Waals surface area contributed by atoms with Crippen LogP contribution in [-0.4, -0.2) is 47.8 Å². The number of nitro groups is 2. The molecule has 0 radical (unpaired) electrons. The zero-order valence-corrected chi connectivity index (χ0v) is 24.0. The van der Waals surface area contributed by atoms with E-state index in [0.717, 1.165) is 33.3 Å². The lowest BCUT2D eigenvalue weighted by molar-refractivity contribution is -0.384. The molecule has 10 nitrogen and oxygen atoms in total. The van der Waals surface area contributed by atoms with Crippen molar-refractivity contribution < 1.29 is 46.5 Å². The van der Waals surface area contributed by atoms with E-state index in [1.54, 1.807) is 0 Å². The Hall–Kier alpha value is -3.52. The van der Waals surface area contributed by atoms with E-state index in [1.165, 1.54) is 24.3 Å². The molecule has 1 aliphatic carbocycles. The highest BCUT2D eigenvalue weighted by atomic mass is 35.5. The minimum Gasteiger partial charge on any atom is -0.469 e. The van der Waals surface area contributed by atoms with Gasteiger partial charge in [-0.05, 0) is 30.2 Å². The number of alkyl halides is 4. The lowest BCUT2D eigenvalue weighted by Gasteiger charge is -2.20. The molecule has 0 amide bonds. The maximum Gasteiger partial charge on any atom is 0.306 e. The SMILES string of the molecule is C.COC(=O)CC(CC(C)(F)F)c1ccc(Cl)c([N+](=O)[O-])c1.COC(=O)CC(c1ccc(Cl)c([N+](=O)[O-])c1)C1CC1(F)F. The molecule has 238 valence electrons. The van der Waals surface area contributed by atoms with E-state index in [1.807, 2.05) is 0 Å². The van der Waals surface area contributed by atoms with Gasteiger partial charge in [-0.3, -0.25) is 29.8 Å². The Morgan fingerprint density at radius 3 is 1.77 bits per heavy atom. The number of ether oxygens (including phenoxy) is 2. The van der Waals surface area contributed by atoms with Gasteiger partial charge in [0.05, 0.1) is 36.9 Å². The van der Waals surface area contributed by atoms with Gasteiger partial charge in [0.2, 0.25) is 5.92 Å². The molecule has 2 aromatic rings. The molecule has 2 aromatic carbocycles. The van der Waals surface area contributed by atoms with Gasteiger partial charge >= 0.3 is 11.9 Å². The van der Waals surface area contributed by atoms with Crippen LogP contribution in [0.5, 0.6) is 0 Å². The van der Waals surface area contributed by atoms with Gasteiger partial charge in [0.1, 0.15) is 10.0 Å². The van der Waals surface area contributed by atoms with Gasteiger partial charge in [-0.15, -0.1) is 0 Å². The number of hydrogen-bond donors (Lipinski definition) is 0. The van der Waals surface area contributed by atoms with Gasteiger partial charge in [0.25, 0.3) is 17.3 Å². The van der Waals surface area contributed by atoms with Gasteiger partial charge in [-0.2, -0.15) is 0 Å². The standard InChI is InChI=1S/C13H12ClF2NO4.C13H14ClF2NO4.CH4/c1-21-12(18)5-8(9-6-13(9,15)16)7-2-3-10(14)11(4-7)17(19)20;1-13(15,16)7-9(6-12(18)21-2)8-3-4-10(14)11(5-8)17(19)20;/h2-4,8-9H,5-6H2,1H3;3-5,9H,6-7H2,1-2H3;1H4. The third-order valence-corrected chi connectivity index (χ3v) is 7.09. The van der Waals surface area contributed by atoms with Gasteiger partial charge < -0.3 is 9.47 Å². The topological polar surface area (TPSA) is 139 Å². The summed E-state index contributed by atoms with van der Waals surface area (Å²) in [7, 11) is 2.31. The lowest BCUT2D eigenvalue weighted by atomic mass is 9.90. The molecule has 0 N–H and O–H groups in total. The summed E-state index contributed by atoms with van der Waals surface area (Å²) < 4.78 is 62.1. The van der Waals surface area contributed by atoms with E-state index in [-0.39, 0.29) is 53.7 Å². The Labute approximate surface area is 254 Å². The summed E-state index contributed by atoms with van der Waals surface area (Å²) in [6, 6.07) is 7.62. The maximum absolute atomic E-state index is 13.3. The van der Waals surface area contributed by atoms with Crippen LogP contribution in [0, 0.1) is 26.1 Å². The maximum atomic E-state index is 13.3. The van der Waals surface area contributed by atoms with Crippen molar-refractivity contribution in [3.05, 3.63) is 77.8 Å². The molecular formula is C27H30Cl2F4N2O8. The minimum atomic E-state index is -3.02. The molecule has 1 fully saturated rings. The second-order valence-corrected chi connectivity index (χ2v) is 10.5. The second-order valence-electron chi connectivity index (χ2n) is 9.65. The second kappa shape index (κ2) is 15.3. The molecule has 1 saturated carbocycles. The number of benzene rings is 2. The zero-order valence-electron chi connectivity index (χ0n) is 22.5. The first-order valence-corrected chi connectivity index (χ1v) is 12.9. The molecule has 0 aliphatic heterocycles. The van der Waals surface area contributed by atoms with Gasteiger partial charge in [0.15, 0.2) is 0 Å². The van der Waals surface area contributed by atoms with Gasteiger partial charge in [-0.1, -0.05) is 42.8 Å². The van der Waals surface area contributed by atoms with E-state index in [2.05, 4.69) is 9.47 Å². The average Bonchev–Trinajstić information content (AvgIpc) is 3.53. The van der Waals surface area contributed by atoms with Crippen molar-refractivity contribution in [1.82, 2.24) is 0 Å². The fourth-order valence-corrected chi connectivity index (χ4v) is 4.65. The van der Waals surface area contributed by atoms with Crippen molar-refractivity contribution in [2.75, 3.05) is 14.2 Å². The minimum absolute atomic E-state index is 0. The molecule has 0 bridgehead atoms. The molecule has 16 heteroatoms. The number of nitro benzene ring substituents is 2. The van der Waals surface area contributed by atoms with E-state index in [9.17, 15) is 47.4 Å². The first-order chi connectivity index (χ1) is 19.4. The highest BCUT2D eigenvalue weighted by Gasteiger charge is 2.60. The largest absolute Gasteiger partial charge is 0.469 e. The first-order valence-electron chi connectivity index (χ1n) is 12.2. The number of carbonyl (C=O) groups excluding carboxylic acids is 2. The van der Waals surface area contributed by atoms with Gasteiger partial charge in [-0.25, -0.2) is 17.6 Å². The van der Waals surface area contributed by atoms with Crippen molar-refractivity contribution in [1.29, 1.82) is 0 Å². The Morgan fingerprint density at radius 2 is 1.37 bits per heavy atom. The quantitative estimate of drug-likeness (QED) is 0.102. The Kier molecular flexibility index (Phi) is 13.3. The molecule has 0 aromatic heterocycles. The van der Waals surface area contributed by atoms with Crippen molar-refractivity contribution in [2.45, 2.75) is 63.7 Å². The summed E-state index contributed by atoms with van der Waals surface area (Å²) in [6.07, 6.45) is -1.51. The van der Waals surface area contributed by atoms with Crippen LogP contribution in [0.1, 0.15) is 63.0 Å². The number of esters is 2. The molecule has 0 spiro atoms. The van der Waals surface area contributed by atoms with Crippen LogP contribution in [0.3, 0.4) is 0 Å². The highest BCUT2D eigenvalue weighted by Crippen LogP contribution is 2.57. The number of rotatable bonds is 11. The molecular weight excluding hydrogens is 627 g/mol. The van der Waals surface area contributed by atoms with Crippen molar-refractivity contribution >= 4 is 46.5 Å². The third-order valence-electron chi connectivity index (χ3n) is 6.45. The smallest absolute Gasteiger partial charge is 0.306 e. The number of hydrogen-bond acceptors (Lipinski definition) is 8. The summed E-state index contributed by atoms with van der Waals surface area (Å²) >= 11 is 11.4. The van der Waals surface area contributed by atoms with Crippen molar-refractivity contribution in [2.24, 2.45) is 5.92 Å². The Morgan fingerprint density at radius 1 is 0.953 bits per heavy atom. The summed E-state index contributed by atoms with van der Waals surface area (Å²) in [5.74, 6) is -9.92. The highest BCUT2D eigenvalue weighted by molar-refractivity contribution is 6.33. The van der Waals surface area contributed by atoms with Crippen molar-refractivity contribution in [3.8, 4) is 0 Å². The lowest BCUT2D eigenvalue weighted by Crippen LogP contribution is -2.18. The van der Waals surface area contributed by atoms with Crippen LogP contribution in [0.2, 0.25) is 10.0 Å². The number of methoxy groups -OCH3 is 2. The summed E-state index contributed by atoms with van der Waals surface area (Å²) in [5, 5.41) is 21.5. The zero-order chi connectivity index (χ0) is 32.0. The number of carbonyl (C=O) groups is 2. The predicted octanol–water partition coefficient (Wildman–Crippen LogP) is 8.13. The predicted molar refractivity (Wildman–Crippen MR) is 150 cm³/mol. The summed E-state index contributed by atoms with van der Waals surface area (Å²) in [4.78, 5) is 43.1. The molecule has 0 heterocycles. The van der Waals surface area contributed by atoms with E-state index in [4.69, 9.17) is 23.2 Å². The van der Waals surface area contributed by atoms with E-state index in [0.29, 0.717) is 5.56 Å². The average molecular weight is 657 g/mol. The molecule has 0 saturated heterocycles. The Bertz CT molecular complexity index is 1340. The van der Waals surface area contributed by atoms with E-state index < -0.39 is 57.8 Å². The normalized spacial score (nSPS) is 16.3. The third kappa shape index (κ3) is 10.9. The Balaban J connectivity index is 0.000000420. The molecule has 1 aliphatic rings.